The van der Waals surface area contributed by atoms with E-state index in [1.165, 1.54) is 12.4 Å². The molecule has 192 valence electrons. The number of aromatic nitrogens is 5. The molecular weight excluding hydrogens is 474 g/mol. The Morgan fingerprint density at radius 3 is 2.43 bits per heavy atom. The Morgan fingerprint density at radius 2 is 1.70 bits per heavy atom. The van der Waals surface area contributed by atoms with Gasteiger partial charge >= 0.3 is 6.03 Å². The first-order chi connectivity index (χ1) is 18.1. The minimum Gasteiger partial charge on any atom is -0.377 e. The molecule has 12 heteroatoms. The number of nitrogens with one attached hydrogen (secondary N) is 2. The van der Waals surface area contributed by atoms with Crippen LogP contribution in [0.2, 0.25) is 0 Å². The van der Waals surface area contributed by atoms with Crippen LogP contribution in [-0.2, 0) is 9.47 Å². The van der Waals surface area contributed by atoms with Crippen molar-refractivity contribution in [3.05, 3.63) is 42.7 Å². The number of morpholine rings is 2. The Labute approximate surface area is 214 Å². The van der Waals surface area contributed by atoms with Crippen LogP contribution in [0.3, 0.4) is 0 Å². The van der Waals surface area contributed by atoms with Crippen LogP contribution in [0.1, 0.15) is 19.8 Å². The molecule has 3 fully saturated rings. The van der Waals surface area contributed by atoms with Crippen molar-refractivity contribution in [2.75, 3.05) is 53.3 Å². The molecule has 2 amide bonds. The third-order valence-corrected chi connectivity index (χ3v) is 6.81. The summed E-state index contributed by atoms with van der Waals surface area (Å²) in [5.41, 5.74) is 2.04. The lowest BCUT2D eigenvalue weighted by Gasteiger charge is -2.35. The zero-order chi connectivity index (χ0) is 25.2. The number of anilines is 4. The Balaban J connectivity index is 1.25. The van der Waals surface area contributed by atoms with Crippen molar-refractivity contribution in [3.63, 3.8) is 0 Å². The van der Waals surface area contributed by atoms with Gasteiger partial charge in [0.05, 0.1) is 49.5 Å². The van der Waals surface area contributed by atoms with E-state index in [9.17, 15) is 4.79 Å². The summed E-state index contributed by atoms with van der Waals surface area (Å²) >= 11 is 0. The fraction of sp³-hybridized carbons (Fsp3) is 0.440. The highest BCUT2D eigenvalue weighted by Gasteiger charge is 2.35. The fourth-order valence-electron chi connectivity index (χ4n) is 4.92. The van der Waals surface area contributed by atoms with Crippen LogP contribution in [0.15, 0.2) is 42.7 Å². The van der Waals surface area contributed by atoms with E-state index in [1.807, 2.05) is 24.3 Å². The number of hydrogen-bond donors (Lipinski definition) is 2. The molecule has 37 heavy (non-hydrogen) atoms. The van der Waals surface area contributed by atoms with Gasteiger partial charge in [-0.05, 0) is 50.1 Å². The van der Waals surface area contributed by atoms with Gasteiger partial charge in [0.1, 0.15) is 0 Å². The summed E-state index contributed by atoms with van der Waals surface area (Å²) in [6, 6.07) is 8.92. The van der Waals surface area contributed by atoms with Gasteiger partial charge in [-0.2, -0.15) is 25.1 Å². The molecule has 3 aliphatic heterocycles. The standard InChI is InChI=1S/C25H29N9O3/c1-16-15-36-11-10-34(16)24-31-22(30-23(32-24)33-13-20-6-7-21(14-33)37-20)17-2-4-18(5-3-17)28-25(35)29-19-8-9-26-27-12-19/h2-5,8-9,12,16,20-21H,6-7,10-11,13-15H2,1H3,(H2,26,28,29,35). The van der Waals surface area contributed by atoms with Crippen LogP contribution in [0.4, 0.5) is 28.1 Å². The predicted molar refractivity (Wildman–Crippen MR) is 138 cm³/mol. The molecule has 2 bridgehead atoms. The topological polar surface area (TPSA) is 131 Å². The molecular formula is C25H29N9O3. The SMILES string of the molecule is CC1COCCN1c1nc(-c2ccc(NC(=O)Nc3ccnnc3)cc2)nc(N2CC3CCC(C2)O3)n1. The highest BCUT2D eigenvalue weighted by Crippen LogP contribution is 2.30. The number of hydrogen-bond acceptors (Lipinski definition) is 10. The van der Waals surface area contributed by atoms with Gasteiger partial charge in [0, 0.05) is 30.9 Å². The molecule has 2 N–H and O–H groups in total. The zero-order valence-electron chi connectivity index (χ0n) is 20.6. The molecule has 0 saturated carbocycles. The molecule has 1 aromatic carbocycles. The number of fused-ring (bicyclic) bond motifs is 2. The van der Waals surface area contributed by atoms with Crippen molar-refractivity contribution < 1.29 is 14.3 Å². The molecule has 5 heterocycles. The van der Waals surface area contributed by atoms with Crippen molar-refractivity contribution in [1.29, 1.82) is 0 Å². The van der Waals surface area contributed by atoms with E-state index < -0.39 is 0 Å². The zero-order valence-corrected chi connectivity index (χ0v) is 20.6. The number of benzene rings is 1. The second-order valence-electron chi connectivity index (χ2n) is 9.53. The van der Waals surface area contributed by atoms with E-state index >= 15 is 0 Å². The fourth-order valence-corrected chi connectivity index (χ4v) is 4.92. The van der Waals surface area contributed by atoms with E-state index in [1.54, 1.807) is 6.07 Å². The number of nitrogens with zero attached hydrogens (tertiary/aromatic N) is 7. The van der Waals surface area contributed by atoms with Crippen LogP contribution in [0, 0.1) is 0 Å². The summed E-state index contributed by atoms with van der Waals surface area (Å²) < 4.78 is 11.7. The van der Waals surface area contributed by atoms with E-state index in [2.05, 4.69) is 37.6 Å². The predicted octanol–water partition coefficient (Wildman–Crippen LogP) is 2.57. The van der Waals surface area contributed by atoms with Crippen LogP contribution >= 0.6 is 0 Å². The van der Waals surface area contributed by atoms with Crippen LogP contribution < -0.4 is 20.4 Å². The smallest absolute Gasteiger partial charge is 0.323 e. The van der Waals surface area contributed by atoms with Crippen molar-refractivity contribution >= 4 is 29.3 Å². The van der Waals surface area contributed by atoms with Gasteiger partial charge in [-0.1, -0.05) is 0 Å². The third kappa shape index (κ3) is 5.30. The molecule has 3 aromatic rings. The normalized spacial score (nSPS) is 23.1. The summed E-state index contributed by atoms with van der Waals surface area (Å²) in [4.78, 5) is 31.3. The van der Waals surface area contributed by atoms with Gasteiger partial charge < -0.3 is 29.9 Å². The van der Waals surface area contributed by atoms with Gasteiger partial charge in [-0.15, -0.1) is 0 Å². The van der Waals surface area contributed by atoms with E-state index in [0.717, 1.165) is 38.0 Å². The van der Waals surface area contributed by atoms with Crippen molar-refractivity contribution in [1.82, 2.24) is 25.1 Å². The number of amides is 2. The second-order valence-corrected chi connectivity index (χ2v) is 9.53. The molecule has 2 aromatic heterocycles. The first-order valence-corrected chi connectivity index (χ1v) is 12.6. The molecule has 0 aliphatic carbocycles. The number of rotatable bonds is 5. The monoisotopic (exact) mass is 503 g/mol. The quantitative estimate of drug-likeness (QED) is 0.536. The lowest BCUT2D eigenvalue weighted by Crippen LogP contribution is -2.46. The Morgan fingerprint density at radius 1 is 0.946 bits per heavy atom. The van der Waals surface area contributed by atoms with Gasteiger partial charge in [0.15, 0.2) is 5.82 Å². The van der Waals surface area contributed by atoms with Gasteiger partial charge in [0.2, 0.25) is 11.9 Å². The first kappa shape index (κ1) is 23.5. The minimum atomic E-state index is -0.367. The van der Waals surface area contributed by atoms with Crippen LogP contribution in [-0.4, -0.2) is 82.3 Å². The van der Waals surface area contributed by atoms with E-state index in [0.29, 0.717) is 42.3 Å². The average Bonchev–Trinajstić information content (AvgIpc) is 3.26. The number of ether oxygens (including phenoxy) is 2. The van der Waals surface area contributed by atoms with Gasteiger partial charge in [0.25, 0.3) is 0 Å². The van der Waals surface area contributed by atoms with E-state index in [-0.39, 0.29) is 24.3 Å². The molecule has 3 atom stereocenters. The minimum absolute atomic E-state index is 0.165. The molecule has 12 nitrogen and oxygen atoms in total. The first-order valence-electron chi connectivity index (χ1n) is 12.6. The maximum atomic E-state index is 12.3. The maximum absolute atomic E-state index is 12.3. The molecule has 6 rings (SSSR count). The third-order valence-electron chi connectivity index (χ3n) is 6.81. The van der Waals surface area contributed by atoms with E-state index in [4.69, 9.17) is 24.4 Å². The molecule has 3 aliphatic rings. The number of carbonyl (C=O) groups is 1. The Hall–Kier alpha value is -3.90. The summed E-state index contributed by atoms with van der Waals surface area (Å²) in [5.74, 6) is 1.92. The summed E-state index contributed by atoms with van der Waals surface area (Å²) in [6.07, 6.45) is 5.60. The number of carbonyl (C=O) groups excluding carboxylic acids is 1. The second kappa shape index (κ2) is 10.2. The Bertz CT molecular complexity index is 1230. The summed E-state index contributed by atoms with van der Waals surface area (Å²) in [5, 5.41) is 13.0. The molecule has 0 spiro atoms. The van der Waals surface area contributed by atoms with Crippen LogP contribution in [0.25, 0.3) is 11.4 Å². The summed E-state index contributed by atoms with van der Waals surface area (Å²) in [7, 11) is 0. The highest BCUT2D eigenvalue weighted by atomic mass is 16.5. The molecule has 3 saturated heterocycles. The van der Waals surface area contributed by atoms with Crippen molar-refractivity contribution in [3.8, 4) is 11.4 Å². The van der Waals surface area contributed by atoms with Crippen molar-refractivity contribution in [2.45, 2.75) is 38.0 Å². The van der Waals surface area contributed by atoms with Crippen LogP contribution in [0.5, 0.6) is 0 Å². The number of urea groups is 1. The van der Waals surface area contributed by atoms with Crippen molar-refractivity contribution in [2.24, 2.45) is 0 Å². The largest absolute Gasteiger partial charge is 0.377 e. The lowest BCUT2D eigenvalue weighted by atomic mass is 10.2. The van der Waals surface area contributed by atoms with Gasteiger partial charge in [-0.25, -0.2) is 4.79 Å². The van der Waals surface area contributed by atoms with Gasteiger partial charge in [-0.3, -0.25) is 0 Å². The summed E-state index contributed by atoms with van der Waals surface area (Å²) in [6.45, 7) is 5.68. The Kier molecular flexibility index (Phi) is 6.49. The maximum Gasteiger partial charge on any atom is 0.323 e. The molecule has 0 radical (unpaired) electrons. The lowest BCUT2D eigenvalue weighted by molar-refractivity contribution is 0.0299. The average molecular weight is 504 g/mol. The molecule has 3 unspecified atom stereocenters. The highest BCUT2D eigenvalue weighted by molar-refractivity contribution is 5.99.